The van der Waals surface area contributed by atoms with Crippen LogP contribution in [-0.2, 0) is 0 Å². The molecule has 1 aromatic rings. The summed E-state index contributed by atoms with van der Waals surface area (Å²) in [5.41, 5.74) is 7.35. The molecule has 0 spiro atoms. The third-order valence-corrected chi connectivity index (χ3v) is 4.60. The summed E-state index contributed by atoms with van der Waals surface area (Å²) < 4.78 is 11.7. The van der Waals surface area contributed by atoms with E-state index in [1.54, 1.807) is 7.11 Å². The van der Waals surface area contributed by atoms with Crippen LogP contribution >= 0.6 is 0 Å². The fraction of sp³-hybridized carbons (Fsp3) is 0.647. The van der Waals surface area contributed by atoms with E-state index in [1.807, 2.05) is 18.2 Å². The number of hydrogen-bond donors (Lipinski definition) is 1. The smallest absolute Gasteiger partial charge is 0.128 e. The van der Waals surface area contributed by atoms with Crippen LogP contribution in [0.4, 0.5) is 0 Å². The van der Waals surface area contributed by atoms with E-state index in [0.717, 1.165) is 36.3 Å². The minimum atomic E-state index is -0.131. The van der Waals surface area contributed by atoms with E-state index >= 15 is 0 Å². The molecule has 0 bridgehead atoms. The Morgan fingerprint density at radius 3 is 2.80 bits per heavy atom. The zero-order valence-electron chi connectivity index (χ0n) is 13.1. The molecule has 2 rings (SSSR count). The topological polar surface area (TPSA) is 44.5 Å². The second kappa shape index (κ2) is 6.04. The highest BCUT2D eigenvalue weighted by Crippen LogP contribution is 2.44. The Morgan fingerprint density at radius 2 is 2.20 bits per heavy atom. The molecule has 2 N–H and O–H groups in total. The first-order valence-corrected chi connectivity index (χ1v) is 7.66. The molecule has 3 heteroatoms. The summed E-state index contributed by atoms with van der Waals surface area (Å²) >= 11 is 0. The number of ether oxygens (including phenoxy) is 2. The highest BCUT2D eigenvalue weighted by Gasteiger charge is 2.39. The van der Waals surface area contributed by atoms with E-state index in [2.05, 4.69) is 20.8 Å². The second-order valence-corrected chi connectivity index (χ2v) is 6.07. The van der Waals surface area contributed by atoms with Crippen LogP contribution in [-0.4, -0.2) is 12.7 Å². The Kier molecular flexibility index (Phi) is 4.59. The van der Waals surface area contributed by atoms with Crippen LogP contribution < -0.4 is 15.2 Å². The average molecular weight is 277 g/mol. The highest BCUT2D eigenvalue weighted by atomic mass is 16.5. The maximum absolute atomic E-state index is 6.39. The standard InChI is InChI=1S/C17H27NO2/c1-5-12(3)10-17(6-2)11-15(18)14-8-7-13(19-4)9-16(14)20-17/h7-9,12,15H,5-6,10-11,18H2,1-4H3/t12?,15-,17?/m1/s1. The Balaban J connectivity index is 2.31. The molecule has 0 radical (unpaired) electrons. The lowest BCUT2D eigenvalue weighted by molar-refractivity contribution is 0.0102. The van der Waals surface area contributed by atoms with Gasteiger partial charge in [-0.2, -0.15) is 0 Å². The van der Waals surface area contributed by atoms with Gasteiger partial charge in [-0.3, -0.25) is 0 Å². The van der Waals surface area contributed by atoms with Crippen molar-refractivity contribution in [2.24, 2.45) is 11.7 Å². The van der Waals surface area contributed by atoms with E-state index in [-0.39, 0.29) is 11.6 Å². The van der Waals surface area contributed by atoms with Crippen molar-refractivity contribution in [3.63, 3.8) is 0 Å². The van der Waals surface area contributed by atoms with Crippen molar-refractivity contribution in [2.45, 2.75) is 58.1 Å². The number of hydrogen-bond acceptors (Lipinski definition) is 3. The van der Waals surface area contributed by atoms with Gasteiger partial charge in [-0.15, -0.1) is 0 Å². The molecule has 0 fully saturated rings. The van der Waals surface area contributed by atoms with Gasteiger partial charge in [0, 0.05) is 24.1 Å². The summed E-state index contributed by atoms with van der Waals surface area (Å²) in [7, 11) is 1.68. The molecule has 3 nitrogen and oxygen atoms in total. The minimum Gasteiger partial charge on any atom is -0.497 e. The van der Waals surface area contributed by atoms with Gasteiger partial charge in [-0.05, 0) is 24.8 Å². The fourth-order valence-electron chi connectivity index (χ4n) is 3.09. The number of nitrogens with two attached hydrogens (primary N) is 1. The van der Waals surface area contributed by atoms with Crippen molar-refractivity contribution in [1.29, 1.82) is 0 Å². The van der Waals surface area contributed by atoms with Gasteiger partial charge in [0.2, 0.25) is 0 Å². The van der Waals surface area contributed by atoms with Crippen LogP contribution in [0.25, 0.3) is 0 Å². The van der Waals surface area contributed by atoms with Crippen LogP contribution in [0.2, 0.25) is 0 Å². The molecule has 0 aliphatic carbocycles. The largest absolute Gasteiger partial charge is 0.497 e. The zero-order valence-corrected chi connectivity index (χ0v) is 13.1. The first kappa shape index (κ1) is 15.2. The predicted octanol–water partition coefficient (Wildman–Crippen LogP) is 4.06. The monoisotopic (exact) mass is 277 g/mol. The molecular weight excluding hydrogens is 250 g/mol. The van der Waals surface area contributed by atoms with Crippen LogP contribution in [0.15, 0.2) is 18.2 Å². The van der Waals surface area contributed by atoms with Gasteiger partial charge in [0.1, 0.15) is 17.1 Å². The summed E-state index contributed by atoms with van der Waals surface area (Å²) in [6.45, 7) is 6.71. The molecule has 3 atom stereocenters. The van der Waals surface area contributed by atoms with Crippen molar-refractivity contribution in [3.05, 3.63) is 23.8 Å². The number of benzene rings is 1. The van der Waals surface area contributed by atoms with Gasteiger partial charge in [0.25, 0.3) is 0 Å². The molecule has 1 aliphatic heterocycles. The fourth-order valence-corrected chi connectivity index (χ4v) is 3.09. The summed E-state index contributed by atoms with van der Waals surface area (Å²) in [6.07, 6.45) is 4.12. The maximum atomic E-state index is 6.39. The van der Waals surface area contributed by atoms with Crippen LogP contribution in [0, 0.1) is 5.92 Å². The van der Waals surface area contributed by atoms with Gasteiger partial charge >= 0.3 is 0 Å². The van der Waals surface area contributed by atoms with Crippen molar-refractivity contribution < 1.29 is 9.47 Å². The first-order chi connectivity index (χ1) is 9.53. The molecular formula is C17H27NO2. The highest BCUT2D eigenvalue weighted by molar-refractivity contribution is 5.44. The van der Waals surface area contributed by atoms with Gasteiger partial charge in [-0.25, -0.2) is 0 Å². The molecule has 0 amide bonds. The van der Waals surface area contributed by atoms with E-state index in [0.29, 0.717) is 5.92 Å². The van der Waals surface area contributed by atoms with Crippen LogP contribution in [0.1, 0.15) is 58.1 Å². The Morgan fingerprint density at radius 1 is 1.45 bits per heavy atom. The Hall–Kier alpha value is -1.22. The van der Waals surface area contributed by atoms with E-state index < -0.39 is 0 Å². The van der Waals surface area contributed by atoms with Gasteiger partial charge in [-0.1, -0.05) is 33.3 Å². The van der Waals surface area contributed by atoms with Crippen LogP contribution in [0.3, 0.4) is 0 Å². The second-order valence-electron chi connectivity index (χ2n) is 6.07. The SMILES string of the molecule is CCC(C)CC1(CC)C[C@@H](N)c2ccc(OC)cc2O1. The average Bonchev–Trinajstić information content (AvgIpc) is 2.46. The third-order valence-electron chi connectivity index (χ3n) is 4.60. The molecule has 112 valence electrons. The van der Waals surface area contributed by atoms with E-state index in [9.17, 15) is 0 Å². The minimum absolute atomic E-state index is 0.0497. The molecule has 0 saturated heterocycles. The van der Waals surface area contributed by atoms with Gasteiger partial charge in [0.05, 0.1) is 7.11 Å². The summed E-state index contributed by atoms with van der Waals surface area (Å²) in [5, 5.41) is 0. The molecule has 0 saturated carbocycles. The molecule has 1 aromatic carbocycles. The Labute approximate surface area is 122 Å². The molecule has 1 heterocycles. The molecule has 0 aromatic heterocycles. The van der Waals surface area contributed by atoms with Crippen molar-refractivity contribution >= 4 is 0 Å². The van der Waals surface area contributed by atoms with E-state index in [4.69, 9.17) is 15.2 Å². The number of rotatable bonds is 5. The lowest BCUT2D eigenvalue weighted by Gasteiger charge is -2.42. The van der Waals surface area contributed by atoms with Gasteiger partial charge < -0.3 is 15.2 Å². The Bertz CT molecular complexity index is 460. The zero-order chi connectivity index (χ0) is 14.8. The quantitative estimate of drug-likeness (QED) is 0.882. The molecule has 1 aliphatic rings. The van der Waals surface area contributed by atoms with E-state index in [1.165, 1.54) is 6.42 Å². The normalized spacial score (nSPS) is 26.6. The van der Waals surface area contributed by atoms with Gasteiger partial charge in [0.15, 0.2) is 0 Å². The maximum Gasteiger partial charge on any atom is 0.128 e. The lowest BCUT2D eigenvalue weighted by Crippen LogP contribution is -2.43. The van der Waals surface area contributed by atoms with Crippen LogP contribution in [0.5, 0.6) is 11.5 Å². The lowest BCUT2D eigenvalue weighted by atomic mass is 9.79. The van der Waals surface area contributed by atoms with Crippen molar-refractivity contribution in [1.82, 2.24) is 0 Å². The predicted molar refractivity (Wildman–Crippen MR) is 82.3 cm³/mol. The van der Waals surface area contributed by atoms with Crippen molar-refractivity contribution in [2.75, 3.05) is 7.11 Å². The summed E-state index contributed by atoms with van der Waals surface area (Å²) in [4.78, 5) is 0. The summed E-state index contributed by atoms with van der Waals surface area (Å²) in [5.74, 6) is 2.37. The number of fused-ring (bicyclic) bond motifs is 1. The van der Waals surface area contributed by atoms with Crippen molar-refractivity contribution in [3.8, 4) is 11.5 Å². The first-order valence-electron chi connectivity index (χ1n) is 7.66. The summed E-state index contributed by atoms with van der Waals surface area (Å²) in [6, 6.07) is 6.00. The molecule has 20 heavy (non-hydrogen) atoms. The molecule has 2 unspecified atom stereocenters. The number of methoxy groups -OCH3 is 1. The third kappa shape index (κ3) is 2.93.